The van der Waals surface area contributed by atoms with Crippen LogP contribution in [0, 0.1) is 11.8 Å². The first-order valence-electron chi connectivity index (χ1n) is 12.1. The first-order chi connectivity index (χ1) is 16.3. The van der Waals surface area contributed by atoms with Gasteiger partial charge in [0.2, 0.25) is 11.8 Å². The van der Waals surface area contributed by atoms with Gasteiger partial charge in [-0.15, -0.1) is 0 Å². The van der Waals surface area contributed by atoms with Gasteiger partial charge in [0, 0.05) is 32.7 Å². The minimum absolute atomic E-state index is 0.118. The van der Waals surface area contributed by atoms with Gasteiger partial charge in [-0.25, -0.2) is 0 Å². The highest BCUT2D eigenvalue weighted by Gasteiger charge is 2.75. The number of fused-ring (bicyclic) bond motifs is 2. The Morgan fingerprint density at radius 1 is 1.09 bits per heavy atom. The molecule has 34 heavy (non-hydrogen) atoms. The van der Waals surface area contributed by atoms with Crippen molar-refractivity contribution in [2.75, 3.05) is 59.2 Å². The second kappa shape index (κ2) is 8.75. The summed E-state index contributed by atoms with van der Waals surface area (Å²) in [6.07, 6.45) is 7.17. The molecule has 0 aromatic heterocycles. The summed E-state index contributed by atoms with van der Waals surface area (Å²) in [7, 11) is 0. The zero-order valence-corrected chi connectivity index (χ0v) is 19.7. The Hall–Kier alpha value is -2.27. The van der Waals surface area contributed by atoms with Crippen LogP contribution >= 0.6 is 0 Å². The van der Waals surface area contributed by atoms with Crippen LogP contribution in [0.2, 0.25) is 0 Å². The summed E-state index contributed by atoms with van der Waals surface area (Å²) >= 11 is 0. The number of carbonyl (C=O) groups excluding carboxylic acids is 3. The summed E-state index contributed by atoms with van der Waals surface area (Å²) in [6, 6.07) is -1.58. The van der Waals surface area contributed by atoms with Crippen molar-refractivity contribution in [2.45, 2.75) is 37.1 Å². The number of rotatable bonds is 5. The van der Waals surface area contributed by atoms with E-state index in [-0.39, 0.29) is 25.0 Å². The number of likely N-dealkylation sites (tertiary alicyclic amines) is 1. The molecule has 3 saturated heterocycles. The van der Waals surface area contributed by atoms with Crippen molar-refractivity contribution in [1.29, 1.82) is 0 Å². The van der Waals surface area contributed by atoms with Gasteiger partial charge in [-0.05, 0) is 19.9 Å². The van der Waals surface area contributed by atoms with Gasteiger partial charge >= 0.3 is 5.97 Å². The van der Waals surface area contributed by atoms with E-state index in [2.05, 4.69) is 4.90 Å². The Balaban J connectivity index is 1.51. The number of hydrogen-bond donors (Lipinski definition) is 1. The summed E-state index contributed by atoms with van der Waals surface area (Å²) in [4.78, 5) is 46.3. The Morgan fingerprint density at radius 3 is 2.59 bits per heavy atom. The molecule has 5 aliphatic heterocycles. The highest BCUT2D eigenvalue weighted by atomic mass is 16.6. The summed E-state index contributed by atoms with van der Waals surface area (Å²) < 4.78 is 17.4. The van der Waals surface area contributed by atoms with E-state index >= 15 is 0 Å². The molecule has 0 radical (unpaired) electrons. The number of carbonyl (C=O) groups is 3. The topological polar surface area (TPSA) is 109 Å². The van der Waals surface area contributed by atoms with Gasteiger partial charge in [0.1, 0.15) is 24.2 Å². The highest BCUT2D eigenvalue weighted by molar-refractivity contribution is 5.99. The van der Waals surface area contributed by atoms with E-state index < -0.39 is 41.1 Å². The average Bonchev–Trinajstić information content (AvgIpc) is 3.10. The summed E-state index contributed by atoms with van der Waals surface area (Å²) in [5.41, 5.74) is -2.39. The lowest BCUT2D eigenvalue weighted by Gasteiger charge is -2.39. The SMILES string of the molecule is C[C@H](CO)N1C(=O)[C@@H]2[C@H]3C(=O)OCC=C[C@@]3(C)O[C@@]23C=CCN(CCN2CCOCC2)C(=O)C13. The van der Waals surface area contributed by atoms with E-state index in [4.69, 9.17) is 14.2 Å². The van der Waals surface area contributed by atoms with Crippen molar-refractivity contribution in [3.05, 3.63) is 24.3 Å². The minimum Gasteiger partial charge on any atom is -0.461 e. The normalized spacial score (nSPS) is 38.8. The van der Waals surface area contributed by atoms with Crippen LogP contribution in [0.1, 0.15) is 13.8 Å². The number of aliphatic hydroxyl groups excluding tert-OH is 1. The maximum Gasteiger partial charge on any atom is 0.313 e. The zero-order valence-electron chi connectivity index (χ0n) is 19.7. The van der Waals surface area contributed by atoms with Crippen molar-refractivity contribution >= 4 is 17.8 Å². The second-order valence-electron chi connectivity index (χ2n) is 9.95. The predicted molar refractivity (Wildman–Crippen MR) is 119 cm³/mol. The maximum atomic E-state index is 14.0. The third kappa shape index (κ3) is 3.50. The molecule has 1 N–H and O–H groups in total. The number of esters is 1. The van der Waals surface area contributed by atoms with E-state index in [0.717, 1.165) is 13.1 Å². The van der Waals surface area contributed by atoms with E-state index in [1.807, 2.05) is 6.08 Å². The standard InChI is InChI=1S/C24H33N3O7/c1-16(15-28)27-19-21(30)26(9-8-25-10-13-32-14-11-25)7-3-6-24(19)17(20(27)29)18-22(31)33-12-4-5-23(18,2)34-24/h3-6,16-19,28H,7-15H2,1-2H3/t16-,17+,18+,19?,23-,24+/m1/s1. The first-order valence-corrected chi connectivity index (χ1v) is 12.1. The van der Waals surface area contributed by atoms with Gasteiger partial charge in [0.25, 0.3) is 0 Å². The summed E-state index contributed by atoms with van der Waals surface area (Å²) in [5.74, 6) is -2.89. The van der Waals surface area contributed by atoms with E-state index in [1.165, 1.54) is 4.90 Å². The van der Waals surface area contributed by atoms with Gasteiger partial charge in [0.05, 0.1) is 37.4 Å². The molecule has 5 aliphatic rings. The molecule has 1 unspecified atom stereocenters. The fourth-order valence-electron chi connectivity index (χ4n) is 6.19. The van der Waals surface area contributed by atoms with Crippen molar-refractivity contribution in [3.8, 4) is 0 Å². The molecule has 0 aromatic rings. The smallest absolute Gasteiger partial charge is 0.313 e. The minimum atomic E-state index is -1.31. The molecule has 0 aromatic carbocycles. The van der Waals surface area contributed by atoms with Gasteiger partial charge < -0.3 is 29.1 Å². The Kier molecular flexibility index (Phi) is 6.04. The number of hydrogen-bond acceptors (Lipinski definition) is 8. The van der Waals surface area contributed by atoms with Crippen LogP contribution in [-0.2, 0) is 28.6 Å². The number of aliphatic hydroxyl groups is 1. The number of ether oxygens (including phenoxy) is 3. The van der Waals surface area contributed by atoms with Crippen LogP contribution in [0.15, 0.2) is 24.3 Å². The van der Waals surface area contributed by atoms with Gasteiger partial charge in [-0.3, -0.25) is 19.3 Å². The number of cyclic esters (lactones) is 1. The quantitative estimate of drug-likeness (QED) is 0.406. The van der Waals surface area contributed by atoms with Crippen molar-refractivity contribution in [2.24, 2.45) is 11.8 Å². The van der Waals surface area contributed by atoms with Crippen molar-refractivity contribution < 1.29 is 33.7 Å². The zero-order chi connectivity index (χ0) is 24.1. The van der Waals surface area contributed by atoms with Crippen LogP contribution in [0.3, 0.4) is 0 Å². The third-order valence-corrected chi connectivity index (χ3v) is 7.86. The molecular weight excluding hydrogens is 442 g/mol. The molecule has 0 aliphatic carbocycles. The molecule has 2 amide bonds. The molecular formula is C24H33N3O7. The molecule has 10 nitrogen and oxygen atoms in total. The van der Waals surface area contributed by atoms with Gasteiger partial charge in [-0.2, -0.15) is 0 Å². The second-order valence-corrected chi connectivity index (χ2v) is 9.95. The third-order valence-electron chi connectivity index (χ3n) is 7.86. The molecule has 5 heterocycles. The van der Waals surface area contributed by atoms with Crippen molar-refractivity contribution in [1.82, 2.24) is 14.7 Å². The van der Waals surface area contributed by atoms with Crippen LogP contribution in [0.4, 0.5) is 0 Å². The Labute approximate surface area is 199 Å². The summed E-state index contributed by atoms with van der Waals surface area (Å²) in [6.45, 7) is 7.86. The molecule has 0 bridgehead atoms. The summed E-state index contributed by atoms with van der Waals surface area (Å²) in [5, 5.41) is 9.94. The number of amides is 2. The lowest BCUT2D eigenvalue weighted by atomic mass is 9.75. The van der Waals surface area contributed by atoms with Crippen LogP contribution in [-0.4, -0.2) is 120 Å². The lowest BCUT2D eigenvalue weighted by molar-refractivity contribution is -0.159. The fourth-order valence-corrected chi connectivity index (χ4v) is 6.19. The molecule has 10 heteroatoms. The Morgan fingerprint density at radius 2 is 1.85 bits per heavy atom. The highest BCUT2D eigenvalue weighted by Crippen LogP contribution is 2.57. The number of nitrogens with zero attached hydrogens (tertiary/aromatic N) is 3. The lowest BCUT2D eigenvalue weighted by Crippen LogP contribution is -2.58. The first kappa shape index (κ1) is 23.5. The van der Waals surface area contributed by atoms with E-state index in [1.54, 1.807) is 37.0 Å². The average molecular weight is 476 g/mol. The van der Waals surface area contributed by atoms with Gasteiger partial charge in [0.15, 0.2) is 0 Å². The monoisotopic (exact) mass is 475 g/mol. The molecule has 186 valence electrons. The predicted octanol–water partition coefficient (Wildman–Crippen LogP) is -0.818. The van der Waals surface area contributed by atoms with Gasteiger partial charge in [-0.1, -0.05) is 18.2 Å². The molecule has 6 atom stereocenters. The molecule has 0 saturated carbocycles. The fraction of sp³-hybridized carbons (Fsp3) is 0.708. The molecule has 5 rings (SSSR count). The van der Waals surface area contributed by atoms with Crippen LogP contribution < -0.4 is 0 Å². The van der Waals surface area contributed by atoms with Crippen LogP contribution in [0.5, 0.6) is 0 Å². The molecule has 3 fully saturated rings. The maximum absolute atomic E-state index is 14.0. The van der Waals surface area contributed by atoms with Crippen molar-refractivity contribution in [3.63, 3.8) is 0 Å². The molecule has 1 spiro atoms. The van der Waals surface area contributed by atoms with Crippen LogP contribution in [0.25, 0.3) is 0 Å². The number of morpholine rings is 1. The van der Waals surface area contributed by atoms with E-state index in [9.17, 15) is 19.5 Å². The largest absolute Gasteiger partial charge is 0.461 e. The van der Waals surface area contributed by atoms with E-state index in [0.29, 0.717) is 32.8 Å². The Bertz CT molecular complexity index is 916.